The van der Waals surface area contributed by atoms with Crippen LogP contribution in [0.5, 0.6) is 0 Å². The molecule has 4 nitrogen and oxygen atoms in total. The molecule has 1 aliphatic carbocycles. The Morgan fingerprint density at radius 2 is 2.20 bits per heavy atom. The summed E-state index contributed by atoms with van der Waals surface area (Å²) >= 11 is 0. The zero-order chi connectivity index (χ0) is 14.6. The van der Waals surface area contributed by atoms with Gasteiger partial charge in [0, 0.05) is 12.6 Å². The van der Waals surface area contributed by atoms with Gasteiger partial charge in [-0.1, -0.05) is 32.8 Å². The molecule has 4 heteroatoms. The molecule has 1 saturated carbocycles. The summed E-state index contributed by atoms with van der Waals surface area (Å²) < 4.78 is 0. The average Bonchev–Trinajstić information content (AvgIpc) is 2.42. The molecule has 1 aromatic heterocycles. The van der Waals surface area contributed by atoms with Gasteiger partial charge in [0.2, 0.25) is 0 Å². The number of aromatic nitrogens is 1. The van der Waals surface area contributed by atoms with Crippen LogP contribution in [0.1, 0.15) is 56.9 Å². The van der Waals surface area contributed by atoms with Gasteiger partial charge >= 0.3 is 0 Å². The van der Waals surface area contributed by atoms with Crippen LogP contribution in [0.3, 0.4) is 0 Å². The van der Waals surface area contributed by atoms with Crippen LogP contribution in [0.15, 0.2) is 18.2 Å². The molecule has 0 aromatic carbocycles. The predicted molar refractivity (Wildman–Crippen MR) is 81.9 cm³/mol. The van der Waals surface area contributed by atoms with E-state index < -0.39 is 0 Å². The zero-order valence-corrected chi connectivity index (χ0v) is 12.7. The van der Waals surface area contributed by atoms with Crippen molar-refractivity contribution in [2.75, 3.05) is 11.9 Å². The number of nitrogens with one attached hydrogen (secondary N) is 2. The third-order valence-corrected chi connectivity index (χ3v) is 4.15. The lowest BCUT2D eigenvalue weighted by atomic mass is 9.73. The number of amides is 1. The van der Waals surface area contributed by atoms with E-state index >= 15 is 0 Å². The monoisotopic (exact) mass is 275 g/mol. The summed E-state index contributed by atoms with van der Waals surface area (Å²) in [4.78, 5) is 16.7. The van der Waals surface area contributed by atoms with E-state index in [1.165, 1.54) is 19.3 Å². The Morgan fingerprint density at radius 3 is 2.90 bits per heavy atom. The van der Waals surface area contributed by atoms with Crippen molar-refractivity contribution in [2.45, 2.75) is 52.5 Å². The molecule has 1 heterocycles. The van der Waals surface area contributed by atoms with Gasteiger partial charge in [0.1, 0.15) is 11.5 Å². The summed E-state index contributed by atoms with van der Waals surface area (Å²) in [7, 11) is 0. The first-order chi connectivity index (χ1) is 9.53. The Kier molecular flexibility index (Phi) is 4.63. The van der Waals surface area contributed by atoms with Gasteiger partial charge in [-0.25, -0.2) is 4.98 Å². The van der Waals surface area contributed by atoms with Gasteiger partial charge in [-0.2, -0.15) is 0 Å². The number of nitrogens with zero attached hydrogens (tertiary/aromatic N) is 1. The molecule has 2 N–H and O–H groups in total. The van der Waals surface area contributed by atoms with Crippen LogP contribution in [0.4, 0.5) is 5.82 Å². The maximum absolute atomic E-state index is 12.4. The van der Waals surface area contributed by atoms with E-state index in [-0.39, 0.29) is 17.4 Å². The van der Waals surface area contributed by atoms with E-state index in [9.17, 15) is 4.79 Å². The molecule has 1 fully saturated rings. The molecule has 110 valence electrons. The molecule has 0 bridgehead atoms. The Morgan fingerprint density at radius 1 is 1.40 bits per heavy atom. The largest absolute Gasteiger partial charge is 0.370 e. The van der Waals surface area contributed by atoms with E-state index in [4.69, 9.17) is 0 Å². The molecule has 1 unspecified atom stereocenters. The van der Waals surface area contributed by atoms with Gasteiger partial charge < -0.3 is 10.6 Å². The lowest BCUT2D eigenvalue weighted by Gasteiger charge is -2.38. The summed E-state index contributed by atoms with van der Waals surface area (Å²) in [5.41, 5.74) is 0.664. The highest BCUT2D eigenvalue weighted by atomic mass is 16.1. The highest BCUT2D eigenvalue weighted by molar-refractivity contribution is 5.92. The van der Waals surface area contributed by atoms with Crippen molar-refractivity contribution in [1.82, 2.24) is 10.3 Å². The fourth-order valence-corrected chi connectivity index (χ4v) is 2.83. The molecule has 1 atom stereocenters. The van der Waals surface area contributed by atoms with Crippen LogP contribution in [-0.2, 0) is 0 Å². The van der Waals surface area contributed by atoms with Gasteiger partial charge in [-0.3, -0.25) is 4.79 Å². The van der Waals surface area contributed by atoms with E-state index in [0.717, 1.165) is 18.8 Å². The number of hydrogen-bond donors (Lipinski definition) is 2. The summed E-state index contributed by atoms with van der Waals surface area (Å²) in [6.45, 7) is 7.28. The lowest BCUT2D eigenvalue weighted by molar-refractivity contribution is 0.0848. The molecule has 0 spiro atoms. The number of carbonyl (C=O) groups is 1. The van der Waals surface area contributed by atoms with Crippen LogP contribution in [0, 0.1) is 5.41 Å². The minimum absolute atomic E-state index is 0.0651. The van der Waals surface area contributed by atoms with E-state index in [2.05, 4.69) is 29.5 Å². The summed E-state index contributed by atoms with van der Waals surface area (Å²) in [6, 6.07) is 5.76. The molecule has 2 rings (SSSR count). The topological polar surface area (TPSA) is 54.0 Å². The minimum atomic E-state index is -0.0651. The second kappa shape index (κ2) is 6.25. The van der Waals surface area contributed by atoms with Gasteiger partial charge in [0.25, 0.3) is 5.91 Å². The third-order valence-electron chi connectivity index (χ3n) is 4.15. The maximum atomic E-state index is 12.4. The van der Waals surface area contributed by atoms with E-state index in [0.29, 0.717) is 5.69 Å². The molecule has 1 aliphatic rings. The molecule has 20 heavy (non-hydrogen) atoms. The smallest absolute Gasteiger partial charge is 0.270 e. The van der Waals surface area contributed by atoms with Crippen molar-refractivity contribution < 1.29 is 4.79 Å². The predicted octanol–water partition coefficient (Wildman–Crippen LogP) is 3.21. The first kappa shape index (κ1) is 14.8. The highest BCUT2D eigenvalue weighted by Gasteiger charge is 2.33. The van der Waals surface area contributed by atoms with Crippen molar-refractivity contribution >= 4 is 11.7 Å². The molecule has 1 amide bonds. The van der Waals surface area contributed by atoms with Crippen molar-refractivity contribution in [2.24, 2.45) is 5.41 Å². The van der Waals surface area contributed by atoms with Crippen LogP contribution in [0.25, 0.3) is 0 Å². The van der Waals surface area contributed by atoms with Gasteiger partial charge in [0.05, 0.1) is 0 Å². The zero-order valence-electron chi connectivity index (χ0n) is 12.7. The van der Waals surface area contributed by atoms with Crippen molar-refractivity contribution in [1.29, 1.82) is 0 Å². The van der Waals surface area contributed by atoms with Crippen molar-refractivity contribution in [3.05, 3.63) is 23.9 Å². The standard InChI is InChI=1S/C16H25N3O/c1-4-17-14-10-7-8-12(18-14)15(20)19-13-9-5-6-11-16(13,2)3/h7-8,10,13H,4-6,9,11H2,1-3H3,(H,17,18)(H,19,20). The van der Waals surface area contributed by atoms with Crippen LogP contribution in [0.2, 0.25) is 0 Å². The first-order valence-corrected chi connectivity index (χ1v) is 7.55. The molecule has 0 radical (unpaired) electrons. The van der Waals surface area contributed by atoms with Crippen molar-refractivity contribution in [3.8, 4) is 0 Å². The van der Waals surface area contributed by atoms with E-state index in [1.54, 1.807) is 6.07 Å². The minimum Gasteiger partial charge on any atom is -0.370 e. The molecule has 1 aromatic rings. The number of pyridine rings is 1. The SMILES string of the molecule is CCNc1cccc(C(=O)NC2CCCCC2(C)C)n1. The highest BCUT2D eigenvalue weighted by Crippen LogP contribution is 2.35. The molecule has 0 saturated heterocycles. The lowest BCUT2D eigenvalue weighted by Crippen LogP contribution is -2.47. The third kappa shape index (κ3) is 3.50. The van der Waals surface area contributed by atoms with Crippen LogP contribution in [-0.4, -0.2) is 23.5 Å². The summed E-state index contributed by atoms with van der Waals surface area (Å²) in [5.74, 6) is 0.688. The second-order valence-electron chi connectivity index (χ2n) is 6.20. The molecular weight excluding hydrogens is 250 g/mol. The Labute approximate surface area is 121 Å². The van der Waals surface area contributed by atoms with Gasteiger partial charge in [-0.15, -0.1) is 0 Å². The Balaban J connectivity index is 2.05. The Hall–Kier alpha value is -1.58. The number of carbonyl (C=O) groups excluding carboxylic acids is 1. The summed E-state index contributed by atoms with van der Waals surface area (Å²) in [5, 5.41) is 6.30. The average molecular weight is 275 g/mol. The van der Waals surface area contributed by atoms with Gasteiger partial charge in [0.15, 0.2) is 0 Å². The number of hydrogen-bond acceptors (Lipinski definition) is 3. The van der Waals surface area contributed by atoms with E-state index in [1.807, 2.05) is 19.1 Å². The van der Waals surface area contributed by atoms with Crippen LogP contribution >= 0.6 is 0 Å². The Bertz CT molecular complexity index is 471. The number of rotatable bonds is 4. The maximum Gasteiger partial charge on any atom is 0.270 e. The first-order valence-electron chi connectivity index (χ1n) is 7.55. The molecule has 0 aliphatic heterocycles. The van der Waals surface area contributed by atoms with Crippen LogP contribution < -0.4 is 10.6 Å². The fourth-order valence-electron chi connectivity index (χ4n) is 2.83. The second-order valence-corrected chi connectivity index (χ2v) is 6.20. The van der Waals surface area contributed by atoms with Gasteiger partial charge in [-0.05, 0) is 37.3 Å². The number of anilines is 1. The summed E-state index contributed by atoms with van der Waals surface area (Å²) in [6.07, 6.45) is 4.68. The quantitative estimate of drug-likeness (QED) is 0.887. The fraction of sp³-hybridized carbons (Fsp3) is 0.625. The molecular formula is C16H25N3O. The normalized spacial score (nSPS) is 21.2. The van der Waals surface area contributed by atoms with Crippen molar-refractivity contribution in [3.63, 3.8) is 0 Å².